The number of anilines is 1. The van der Waals surface area contributed by atoms with Gasteiger partial charge < -0.3 is 20.5 Å². The van der Waals surface area contributed by atoms with Crippen molar-refractivity contribution in [1.29, 1.82) is 0 Å². The number of hydrogen-bond donors (Lipinski definition) is 2. The standard InChI is InChI=1S/C12H20N4O2S/c1-7-8(2)14-15-12(10(7)11(13)19)16(3)5-9(17)6-18-4/h9,17H,5-6H2,1-4H3,(H2,13,19). The van der Waals surface area contributed by atoms with E-state index in [0.717, 1.165) is 11.3 Å². The zero-order valence-electron chi connectivity index (χ0n) is 11.7. The molecule has 6 nitrogen and oxygen atoms in total. The van der Waals surface area contributed by atoms with Crippen LogP contribution in [0.3, 0.4) is 0 Å². The summed E-state index contributed by atoms with van der Waals surface area (Å²) in [5.74, 6) is 0.575. The van der Waals surface area contributed by atoms with Gasteiger partial charge in [0.25, 0.3) is 0 Å². The lowest BCUT2D eigenvalue weighted by Crippen LogP contribution is -2.34. The van der Waals surface area contributed by atoms with Crippen LogP contribution in [0.5, 0.6) is 0 Å². The Bertz CT molecular complexity index is 467. The van der Waals surface area contributed by atoms with Crippen molar-refractivity contribution >= 4 is 23.0 Å². The number of nitrogens with two attached hydrogens (primary N) is 1. The average molecular weight is 284 g/mol. The Morgan fingerprint density at radius 2 is 2.11 bits per heavy atom. The summed E-state index contributed by atoms with van der Waals surface area (Å²) in [6.45, 7) is 4.38. The first kappa shape index (κ1) is 15.7. The van der Waals surface area contributed by atoms with Gasteiger partial charge in [0.1, 0.15) is 4.99 Å². The highest BCUT2D eigenvalue weighted by molar-refractivity contribution is 7.80. The highest BCUT2D eigenvalue weighted by Crippen LogP contribution is 2.21. The van der Waals surface area contributed by atoms with Crippen LogP contribution in [-0.4, -0.2) is 53.7 Å². The van der Waals surface area contributed by atoms with Gasteiger partial charge in [-0.05, 0) is 19.4 Å². The van der Waals surface area contributed by atoms with Crippen molar-refractivity contribution in [1.82, 2.24) is 10.2 Å². The molecule has 1 atom stereocenters. The summed E-state index contributed by atoms with van der Waals surface area (Å²) in [5.41, 5.74) is 8.16. The van der Waals surface area contributed by atoms with Gasteiger partial charge >= 0.3 is 0 Å². The van der Waals surface area contributed by atoms with Gasteiger partial charge in [0, 0.05) is 20.7 Å². The molecule has 1 rings (SSSR count). The Morgan fingerprint density at radius 1 is 1.47 bits per heavy atom. The minimum atomic E-state index is -0.613. The van der Waals surface area contributed by atoms with E-state index >= 15 is 0 Å². The lowest BCUT2D eigenvalue weighted by atomic mass is 10.1. The number of rotatable bonds is 6. The van der Waals surface area contributed by atoms with Crippen LogP contribution >= 0.6 is 12.2 Å². The Morgan fingerprint density at radius 3 is 2.63 bits per heavy atom. The number of nitrogens with zero attached hydrogens (tertiary/aromatic N) is 3. The molecule has 0 bridgehead atoms. The molecule has 1 unspecified atom stereocenters. The fourth-order valence-electron chi connectivity index (χ4n) is 1.81. The molecule has 19 heavy (non-hydrogen) atoms. The SMILES string of the molecule is COCC(O)CN(C)c1nnc(C)c(C)c1C(N)=S. The minimum absolute atomic E-state index is 0.255. The van der Waals surface area contributed by atoms with E-state index in [1.165, 1.54) is 0 Å². The van der Waals surface area contributed by atoms with Crippen molar-refractivity contribution in [3.8, 4) is 0 Å². The summed E-state index contributed by atoms with van der Waals surface area (Å²) in [6, 6.07) is 0. The highest BCUT2D eigenvalue weighted by atomic mass is 32.1. The Balaban J connectivity index is 3.06. The molecule has 0 fully saturated rings. The van der Waals surface area contributed by atoms with Crippen LogP contribution in [0.4, 0.5) is 5.82 Å². The van der Waals surface area contributed by atoms with E-state index in [1.807, 2.05) is 13.8 Å². The van der Waals surface area contributed by atoms with Gasteiger partial charge in [-0.15, -0.1) is 5.10 Å². The molecule has 1 aromatic heterocycles. The van der Waals surface area contributed by atoms with Crippen LogP contribution in [0, 0.1) is 13.8 Å². The molecule has 0 saturated heterocycles. The van der Waals surface area contributed by atoms with Crippen LogP contribution in [0.2, 0.25) is 0 Å². The molecule has 0 spiro atoms. The van der Waals surface area contributed by atoms with E-state index in [0.29, 0.717) is 17.9 Å². The molecule has 0 aliphatic carbocycles. The van der Waals surface area contributed by atoms with Gasteiger partial charge in [-0.1, -0.05) is 12.2 Å². The number of hydrogen-bond acceptors (Lipinski definition) is 6. The molecule has 0 saturated carbocycles. The summed E-state index contributed by atoms with van der Waals surface area (Å²) in [6.07, 6.45) is -0.613. The summed E-state index contributed by atoms with van der Waals surface area (Å²) >= 11 is 5.08. The molecular weight excluding hydrogens is 264 g/mol. The third-order valence-electron chi connectivity index (χ3n) is 2.89. The quantitative estimate of drug-likeness (QED) is 0.720. The van der Waals surface area contributed by atoms with Gasteiger partial charge in [-0.3, -0.25) is 0 Å². The number of thiocarbonyl (C=S) groups is 1. The number of aromatic nitrogens is 2. The first-order valence-corrected chi connectivity index (χ1v) is 6.31. The van der Waals surface area contributed by atoms with Crippen LogP contribution in [0.15, 0.2) is 0 Å². The van der Waals surface area contributed by atoms with Gasteiger partial charge in [0.15, 0.2) is 5.82 Å². The molecule has 0 aromatic carbocycles. The molecule has 106 valence electrons. The molecular formula is C12H20N4O2S. The van der Waals surface area contributed by atoms with E-state index in [1.54, 1.807) is 19.1 Å². The summed E-state index contributed by atoms with van der Waals surface area (Å²) in [7, 11) is 3.35. The van der Waals surface area contributed by atoms with E-state index in [4.69, 9.17) is 22.7 Å². The first-order valence-electron chi connectivity index (χ1n) is 5.90. The fraction of sp³-hybridized carbons (Fsp3) is 0.583. The van der Waals surface area contributed by atoms with E-state index in [2.05, 4.69) is 10.2 Å². The van der Waals surface area contributed by atoms with Gasteiger partial charge in [0.05, 0.1) is 24.0 Å². The Kier molecular flexibility index (Phi) is 5.59. The molecule has 0 aliphatic heterocycles. The second-order valence-electron chi connectivity index (χ2n) is 4.46. The zero-order chi connectivity index (χ0) is 14.6. The Labute approximate surface area is 118 Å². The normalized spacial score (nSPS) is 12.3. The van der Waals surface area contributed by atoms with Gasteiger partial charge in [-0.25, -0.2) is 0 Å². The second kappa shape index (κ2) is 6.74. The average Bonchev–Trinajstić information content (AvgIpc) is 2.31. The van der Waals surface area contributed by atoms with Crippen LogP contribution < -0.4 is 10.6 Å². The van der Waals surface area contributed by atoms with Crippen molar-refractivity contribution in [2.75, 3.05) is 32.2 Å². The number of aliphatic hydroxyl groups excluding tert-OH is 1. The molecule has 0 radical (unpaired) electrons. The number of methoxy groups -OCH3 is 1. The smallest absolute Gasteiger partial charge is 0.161 e. The maximum Gasteiger partial charge on any atom is 0.161 e. The van der Waals surface area contributed by atoms with Crippen molar-refractivity contribution in [3.63, 3.8) is 0 Å². The third-order valence-corrected chi connectivity index (χ3v) is 3.09. The molecule has 7 heteroatoms. The summed E-state index contributed by atoms with van der Waals surface area (Å²) in [5, 5.41) is 18.0. The van der Waals surface area contributed by atoms with Crippen LogP contribution in [0.1, 0.15) is 16.8 Å². The van der Waals surface area contributed by atoms with Gasteiger partial charge in [-0.2, -0.15) is 5.10 Å². The minimum Gasteiger partial charge on any atom is -0.389 e. The molecule has 0 amide bonds. The number of likely N-dealkylation sites (N-methyl/N-ethyl adjacent to an activating group) is 1. The summed E-state index contributed by atoms with van der Waals surface area (Å²) in [4.78, 5) is 2.05. The van der Waals surface area contributed by atoms with E-state index in [-0.39, 0.29) is 11.6 Å². The van der Waals surface area contributed by atoms with Crippen molar-refractivity contribution in [2.45, 2.75) is 20.0 Å². The predicted octanol–water partition coefficient (Wildman–Crippen LogP) is 0.171. The summed E-state index contributed by atoms with van der Waals surface area (Å²) < 4.78 is 4.90. The monoisotopic (exact) mass is 284 g/mol. The van der Waals surface area contributed by atoms with Crippen molar-refractivity contribution < 1.29 is 9.84 Å². The number of aryl methyl sites for hydroxylation is 1. The second-order valence-corrected chi connectivity index (χ2v) is 4.90. The lowest BCUT2D eigenvalue weighted by Gasteiger charge is -2.24. The Hall–Kier alpha value is -1.31. The molecule has 0 aliphatic rings. The third kappa shape index (κ3) is 3.82. The van der Waals surface area contributed by atoms with E-state index < -0.39 is 6.10 Å². The molecule has 3 N–H and O–H groups in total. The number of aliphatic hydroxyl groups is 1. The van der Waals surface area contributed by atoms with Crippen molar-refractivity contribution in [3.05, 3.63) is 16.8 Å². The number of ether oxygens (including phenoxy) is 1. The highest BCUT2D eigenvalue weighted by Gasteiger charge is 2.18. The topological polar surface area (TPSA) is 84.5 Å². The lowest BCUT2D eigenvalue weighted by molar-refractivity contribution is 0.0694. The maximum atomic E-state index is 9.76. The predicted molar refractivity (Wildman–Crippen MR) is 78.5 cm³/mol. The molecule has 1 aromatic rings. The van der Waals surface area contributed by atoms with Crippen LogP contribution in [-0.2, 0) is 4.74 Å². The zero-order valence-corrected chi connectivity index (χ0v) is 12.5. The van der Waals surface area contributed by atoms with Crippen LogP contribution in [0.25, 0.3) is 0 Å². The first-order chi connectivity index (χ1) is 8.88. The van der Waals surface area contributed by atoms with E-state index in [9.17, 15) is 5.11 Å². The largest absolute Gasteiger partial charge is 0.389 e. The maximum absolute atomic E-state index is 9.76. The molecule has 1 heterocycles. The van der Waals surface area contributed by atoms with Crippen molar-refractivity contribution in [2.24, 2.45) is 5.73 Å². The fourth-order valence-corrected chi connectivity index (χ4v) is 2.05. The van der Waals surface area contributed by atoms with Gasteiger partial charge in [0.2, 0.25) is 0 Å².